The van der Waals surface area contributed by atoms with E-state index in [1.807, 2.05) is 6.07 Å². The lowest BCUT2D eigenvalue weighted by Crippen LogP contribution is -2.25. The van der Waals surface area contributed by atoms with Crippen LogP contribution in [0, 0.1) is 11.8 Å². The Bertz CT molecular complexity index is 804. The molecular weight excluding hydrogens is 358 g/mol. The van der Waals surface area contributed by atoms with Gasteiger partial charge in [0.15, 0.2) is 5.82 Å². The SMILES string of the molecule is O=C(Nc1nccc(-c2nccc(NCC3CCOCC3)n2)n1)[C@@H]1CCNC1. The van der Waals surface area contributed by atoms with Crippen molar-refractivity contribution in [1.29, 1.82) is 0 Å². The van der Waals surface area contributed by atoms with E-state index in [9.17, 15) is 4.79 Å². The molecule has 28 heavy (non-hydrogen) atoms. The molecule has 4 rings (SSSR count). The summed E-state index contributed by atoms with van der Waals surface area (Å²) in [7, 11) is 0. The highest BCUT2D eigenvalue weighted by atomic mass is 16.5. The van der Waals surface area contributed by atoms with E-state index < -0.39 is 0 Å². The van der Waals surface area contributed by atoms with Crippen LogP contribution in [-0.4, -0.2) is 58.7 Å². The second-order valence-corrected chi connectivity index (χ2v) is 7.15. The van der Waals surface area contributed by atoms with Crippen LogP contribution < -0.4 is 16.0 Å². The molecule has 4 heterocycles. The van der Waals surface area contributed by atoms with Gasteiger partial charge in [-0.2, -0.15) is 0 Å². The third kappa shape index (κ3) is 4.79. The lowest BCUT2D eigenvalue weighted by atomic mass is 10.0. The summed E-state index contributed by atoms with van der Waals surface area (Å²) < 4.78 is 5.40. The highest BCUT2D eigenvalue weighted by Crippen LogP contribution is 2.18. The number of nitrogens with zero attached hydrogens (tertiary/aromatic N) is 4. The summed E-state index contributed by atoms with van der Waals surface area (Å²) in [5, 5.41) is 9.36. The number of rotatable bonds is 6. The van der Waals surface area contributed by atoms with Crippen LogP contribution >= 0.6 is 0 Å². The minimum absolute atomic E-state index is 0.0405. The van der Waals surface area contributed by atoms with Crippen LogP contribution in [-0.2, 0) is 9.53 Å². The number of ether oxygens (including phenoxy) is 1. The van der Waals surface area contributed by atoms with Gasteiger partial charge < -0.3 is 15.4 Å². The molecule has 3 N–H and O–H groups in total. The highest BCUT2D eigenvalue weighted by molar-refractivity contribution is 5.91. The quantitative estimate of drug-likeness (QED) is 0.684. The van der Waals surface area contributed by atoms with Gasteiger partial charge in [-0.3, -0.25) is 10.1 Å². The molecule has 2 aromatic heterocycles. The van der Waals surface area contributed by atoms with Gasteiger partial charge in [0.05, 0.1) is 5.92 Å². The van der Waals surface area contributed by atoms with Gasteiger partial charge in [0.1, 0.15) is 11.5 Å². The number of carbonyl (C=O) groups excluding carboxylic acids is 1. The van der Waals surface area contributed by atoms with Gasteiger partial charge in [0.25, 0.3) is 0 Å². The van der Waals surface area contributed by atoms with Gasteiger partial charge in [0.2, 0.25) is 11.9 Å². The van der Waals surface area contributed by atoms with Gasteiger partial charge in [-0.25, -0.2) is 19.9 Å². The average Bonchev–Trinajstić information content (AvgIpc) is 3.29. The van der Waals surface area contributed by atoms with Crippen LogP contribution in [0.2, 0.25) is 0 Å². The molecular formula is C19H25N7O2. The number of anilines is 2. The number of hydrogen-bond acceptors (Lipinski definition) is 8. The summed E-state index contributed by atoms with van der Waals surface area (Å²) in [6, 6.07) is 3.59. The number of amides is 1. The molecule has 0 spiro atoms. The van der Waals surface area contributed by atoms with Crippen molar-refractivity contribution in [2.45, 2.75) is 19.3 Å². The summed E-state index contributed by atoms with van der Waals surface area (Å²) >= 11 is 0. The van der Waals surface area contributed by atoms with Crippen LogP contribution in [0.5, 0.6) is 0 Å². The molecule has 2 saturated heterocycles. The Morgan fingerprint density at radius 2 is 2.00 bits per heavy atom. The molecule has 0 saturated carbocycles. The molecule has 0 radical (unpaired) electrons. The fourth-order valence-electron chi connectivity index (χ4n) is 3.41. The molecule has 9 heteroatoms. The number of carbonyl (C=O) groups is 1. The summed E-state index contributed by atoms with van der Waals surface area (Å²) in [5.74, 6) is 2.03. The topological polar surface area (TPSA) is 114 Å². The summed E-state index contributed by atoms with van der Waals surface area (Å²) in [4.78, 5) is 29.7. The second-order valence-electron chi connectivity index (χ2n) is 7.15. The van der Waals surface area contributed by atoms with Crippen molar-refractivity contribution in [3.63, 3.8) is 0 Å². The Labute approximate surface area is 163 Å². The van der Waals surface area contributed by atoms with E-state index in [-0.39, 0.29) is 17.8 Å². The minimum atomic E-state index is -0.0602. The fourth-order valence-corrected chi connectivity index (χ4v) is 3.41. The first-order valence-electron chi connectivity index (χ1n) is 9.77. The number of aromatic nitrogens is 4. The molecule has 2 aromatic rings. The summed E-state index contributed by atoms with van der Waals surface area (Å²) in [6.07, 6.45) is 6.28. The molecule has 2 fully saturated rings. The third-order valence-corrected chi connectivity index (χ3v) is 5.12. The van der Waals surface area contributed by atoms with Crippen molar-refractivity contribution in [1.82, 2.24) is 25.3 Å². The van der Waals surface area contributed by atoms with E-state index >= 15 is 0 Å². The van der Waals surface area contributed by atoms with Crippen LogP contribution in [0.1, 0.15) is 19.3 Å². The molecule has 2 aliphatic heterocycles. The maximum atomic E-state index is 12.3. The molecule has 0 aliphatic carbocycles. The first-order valence-corrected chi connectivity index (χ1v) is 9.77. The fraction of sp³-hybridized carbons (Fsp3) is 0.526. The van der Waals surface area contributed by atoms with Gasteiger partial charge in [-0.05, 0) is 43.9 Å². The van der Waals surface area contributed by atoms with Crippen LogP contribution in [0.25, 0.3) is 11.5 Å². The maximum absolute atomic E-state index is 12.3. The molecule has 148 valence electrons. The van der Waals surface area contributed by atoms with Gasteiger partial charge in [-0.1, -0.05) is 0 Å². The molecule has 0 bridgehead atoms. The first kappa shape index (κ1) is 18.7. The van der Waals surface area contributed by atoms with E-state index in [2.05, 4.69) is 35.9 Å². The zero-order chi connectivity index (χ0) is 19.2. The zero-order valence-corrected chi connectivity index (χ0v) is 15.7. The van der Waals surface area contributed by atoms with Crippen molar-refractivity contribution >= 4 is 17.7 Å². The Hall–Kier alpha value is -2.65. The first-order chi connectivity index (χ1) is 13.8. The highest BCUT2D eigenvalue weighted by Gasteiger charge is 2.23. The summed E-state index contributed by atoms with van der Waals surface area (Å²) in [6.45, 7) is 4.07. The monoisotopic (exact) mass is 383 g/mol. The lowest BCUT2D eigenvalue weighted by Gasteiger charge is -2.22. The van der Waals surface area contributed by atoms with Crippen LogP contribution in [0.3, 0.4) is 0 Å². The van der Waals surface area contributed by atoms with Crippen molar-refractivity contribution in [2.75, 3.05) is 43.5 Å². The maximum Gasteiger partial charge on any atom is 0.231 e. The molecule has 1 atom stereocenters. The Kier molecular flexibility index (Phi) is 6.03. The zero-order valence-electron chi connectivity index (χ0n) is 15.7. The Morgan fingerprint density at radius 3 is 2.82 bits per heavy atom. The summed E-state index contributed by atoms with van der Waals surface area (Å²) in [5.41, 5.74) is 0.574. The van der Waals surface area contributed by atoms with Gasteiger partial charge in [0, 0.05) is 38.7 Å². The number of hydrogen-bond donors (Lipinski definition) is 3. The van der Waals surface area contributed by atoms with Crippen molar-refractivity contribution in [3.8, 4) is 11.5 Å². The van der Waals surface area contributed by atoms with Crippen molar-refractivity contribution < 1.29 is 9.53 Å². The van der Waals surface area contributed by atoms with E-state index in [1.54, 1.807) is 18.5 Å². The largest absolute Gasteiger partial charge is 0.381 e. The van der Waals surface area contributed by atoms with Crippen molar-refractivity contribution in [2.24, 2.45) is 11.8 Å². The molecule has 9 nitrogen and oxygen atoms in total. The number of nitrogens with one attached hydrogen (secondary N) is 3. The van der Waals surface area contributed by atoms with Crippen LogP contribution in [0.15, 0.2) is 24.5 Å². The standard InChI is InChI=1S/C19H25N7O2/c27-18(14-1-6-20-12-14)26-19-22-7-2-15(24-19)17-21-8-3-16(25-17)23-11-13-4-9-28-10-5-13/h2-3,7-8,13-14,20H,1,4-6,9-12H2,(H,21,23,25)(H,22,24,26,27)/t14-/m1/s1. The van der Waals surface area contributed by atoms with Crippen molar-refractivity contribution in [3.05, 3.63) is 24.5 Å². The Morgan fingerprint density at radius 1 is 1.14 bits per heavy atom. The molecule has 0 aromatic carbocycles. The smallest absolute Gasteiger partial charge is 0.231 e. The molecule has 0 unspecified atom stereocenters. The van der Waals surface area contributed by atoms with E-state index in [4.69, 9.17) is 4.74 Å². The van der Waals surface area contributed by atoms with E-state index in [0.29, 0.717) is 24.0 Å². The Balaban J connectivity index is 1.41. The second kappa shape index (κ2) is 9.03. The average molecular weight is 383 g/mol. The van der Waals surface area contributed by atoms with Gasteiger partial charge in [-0.15, -0.1) is 0 Å². The molecule has 2 aliphatic rings. The predicted octanol–water partition coefficient (Wildman–Crippen LogP) is 1.32. The predicted molar refractivity (Wildman–Crippen MR) is 105 cm³/mol. The minimum Gasteiger partial charge on any atom is -0.381 e. The molecule has 1 amide bonds. The lowest BCUT2D eigenvalue weighted by molar-refractivity contribution is -0.119. The van der Waals surface area contributed by atoms with Gasteiger partial charge >= 0.3 is 0 Å². The van der Waals surface area contributed by atoms with E-state index in [1.165, 1.54) is 0 Å². The normalized spacial score (nSPS) is 20.1. The van der Waals surface area contributed by atoms with Crippen LogP contribution in [0.4, 0.5) is 11.8 Å². The van der Waals surface area contributed by atoms with E-state index in [0.717, 1.165) is 51.4 Å². The third-order valence-electron chi connectivity index (χ3n) is 5.12.